The highest BCUT2D eigenvalue weighted by molar-refractivity contribution is 8.00. The van der Waals surface area contributed by atoms with Gasteiger partial charge >= 0.3 is 0 Å². The first-order valence-corrected chi connectivity index (χ1v) is 10.7. The number of hydrogen-bond donors (Lipinski definition) is 0. The summed E-state index contributed by atoms with van der Waals surface area (Å²) in [6, 6.07) is 0. The van der Waals surface area contributed by atoms with E-state index in [1.54, 1.807) is 0 Å². The van der Waals surface area contributed by atoms with Gasteiger partial charge in [-0.1, -0.05) is 39.5 Å². The molecule has 3 rings (SSSR count). The Morgan fingerprint density at radius 3 is 2.42 bits per heavy atom. The lowest BCUT2D eigenvalue weighted by molar-refractivity contribution is -0.139. The van der Waals surface area contributed by atoms with Gasteiger partial charge in [-0.15, -0.1) is 11.8 Å². The Hall–Kier alpha value is -0.710. The Bertz CT molecular complexity index is 466. The molecule has 0 N–H and O–H groups in total. The molecule has 0 atom stereocenters. The third-order valence-electron chi connectivity index (χ3n) is 6.07. The molecule has 0 aromatic carbocycles. The topological polar surface area (TPSA) is 40.6 Å². The Kier molecular flexibility index (Phi) is 5.78. The number of likely N-dealkylation sites (tertiary alicyclic amines) is 1. The van der Waals surface area contributed by atoms with Crippen LogP contribution in [0.5, 0.6) is 0 Å². The van der Waals surface area contributed by atoms with Crippen molar-refractivity contribution in [3.8, 4) is 0 Å². The lowest BCUT2D eigenvalue weighted by atomic mass is 9.98. The minimum Gasteiger partial charge on any atom is -0.342 e. The van der Waals surface area contributed by atoms with E-state index in [0.29, 0.717) is 5.91 Å². The second-order valence-corrected chi connectivity index (χ2v) is 9.47. The quantitative estimate of drug-likeness (QED) is 0.777. The summed E-state index contributed by atoms with van der Waals surface area (Å²) in [6.07, 6.45) is 9.01. The molecule has 2 amide bonds. The Balaban J connectivity index is 1.55. The monoisotopic (exact) mass is 352 g/mol. The van der Waals surface area contributed by atoms with E-state index in [1.165, 1.54) is 25.7 Å². The van der Waals surface area contributed by atoms with Crippen LogP contribution in [0.4, 0.5) is 0 Å². The first-order valence-electron chi connectivity index (χ1n) is 9.75. The van der Waals surface area contributed by atoms with E-state index in [-0.39, 0.29) is 16.7 Å². The van der Waals surface area contributed by atoms with Crippen molar-refractivity contribution in [3.05, 3.63) is 0 Å². The normalized spacial score (nSPS) is 24.3. The number of hydrogen-bond acceptors (Lipinski definition) is 3. The number of amides is 2. The standard InChI is InChI=1S/C19H32N2O2S/c1-15(2)18(23)20-11-9-19(10-12-20)21(13-14-24-19)17(22)8-7-16-5-3-4-6-16/h15-16H,3-14H2,1-2H3. The molecular weight excluding hydrogens is 320 g/mol. The average Bonchev–Trinajstić information content (AvgIpc) is 3.23. The van der Waals surface area contributed by atoms with Crippen molar-refractivity contribution in [3.63, 3.8) is 0 Å². The van der Waals surface area contributed by atoms with Crippen LogP contribution in [0.1, 0.15) is 65.2 Å². The summed E-state index contributed by atoms with van der Waals surface area (Å²) in [5.41, 5.74) is 0. The maximum Gasteiger partial charge on any atom is 0.225 e. The second-order valence-electron chi connectivity index (χ2n) is 8.01. The van der Waals surface area contributed by atoms with Crippen LogP contribution in [0.25, 0.3) is 0 Å². The third-order valence-corrected chi connectivity index (χ3v) is 7.62. The number of thioether (sulfide) groups is 1. The molecule has 136 valence electrons. The minimum atomic E-state index is -0.0273. The maximum atomic E-state index is 12.8. The first kappa shape index (κ1) is 18.1. The largest absolute Gasteiger partial charge is 0.342 e. The predicted octanol–water partition coefficient (Wildman–Crippen LogP) is 3.51. The molecule has 24 heavy (non-hydrogen) atoms. The first-order chi connectivity index (χ1) is 11.5. The molecule has 4 nitrogen and oxygen atoms in total. The van der Waals surface area contributed by atoms with Crippen LogP contribution in [0, 0.1) is 11.8 Å². The predicted molar refractivity (Wildman–Crippen MR) is 98.7 cm³/mol. The number of carbonyl (C=O) groups is 2. The van der Waals surface area contributed by atoms with Gasteiger partial charge in [0.15, 0.2) is 0 Å². The Morgan fingerprint density at radius 1 is 1.12 bits per heavy atom. The van der Waals surface area contributed by atoms with Gasteiger partial charge in [-0.3, -0.25) is 9.59 Å². The van der Waals surface area contributed by atoms with Crippen LogP contribution < -0.4 is 0 Å². The summed E-state index contributed by atoms with van der Waals surface area (Å²) in [4.78, 5) is 29.2. The Morgan fingerprint density at radius 2 is 1.79 bits per heavy atom. The van der Waals surface area contributed by atoms with Crippen LogP contribution in [0.3, 0.4) is 0 Å². The number of piperidine rings is 1. The van der Waals surface area contributed by atoms with Crippen LogP contribution in [0.2, 0.25) is 0 Å². The van der Waals surface area contributed by atoms with Crippen LogP contribution >= 0.6 is 11.8 Å². The SMILES string of the molecule is CC(C)C(=O)N1CCC2(CC1)SCCN2C(=O)CCC1CCCC1. The maximum absolute atomic E-state index is 12.8. The van der Waals surface area contributed by atoms with E-state index in [4.69, 9.17) is 0 Å². The van der Waals surface area contributed by atoms with Gasteiger partial charge in [0.2, 0.25) is 11.8 Å². The van der Waals surface area contributed by atoms with Crippen LogP contribution in [-0.2, 0) is 9.59 Å². The molecule has 0 bridgehead atoms. The summed E-state index contributed by atoms with van der Waals surface area (Å²) in [5.74, 6) is 2.51. The van der Waals surface area contributed by atoms with Crippen molar-refractivity contribution in [2.75, 3.05) is 25.4 Å². The van der Waals surface area contributed by atoms with Crippen molar-refractivity contribution in [2.24, 2.45) is 11.8 Å². The van der Waals surface area contributed by atoms with Crippen molar-refractivity contribution in [1.29, 1.82) is 0 Å². The minimum absolute atomic E-state index is 0.0273. The molecule has 0 unspecified atom stereocenters. The van der Waals surface area contributed by atoms with Crippen LogP contribution in [0.15, 0.2) is 0 Å². The molecular formula is C19H32N2O2S. The van der Waals surface area contributed by atoms with Crippen molar-refractivity contribution in [1.82, 2.24) is 9.80 Å². The molecule has 3 fully saturated rings. The molecule has 5 heteroatoms. The number of nitrogens with zero attached hydrogens (tertiary/aromatic N) is 2. The molecule has 0 radical (unpaired) electrons. The fourth-order valence-electron chi connectivity index (χ4n) is 4.58. The van der Waals surface area contributed by atoms with E-state index < -0.39 is 0 Å². The molecule has 1 spiro atoms. The molecule has 1 saturated carbocycles. The molecule has 0 aromatic rings. The zero-order chi connectivity index (χ0) is 17.2. The molecule has 0 aromatic heterocycles. The summed E-state index contributed by atoms with van der Waals surface area (Å²) in [7, 11) is 0. The Labute approximate surface area is 150 Å². The third kappa shape index (κ3) is 3.76. The van der Waals surface area contributed by atoms with Gasteiger partial charge in [0.25, 0.3) is 0 Å². The fraction of sp³-hybridized carbons (Fsp3) is 0.895. The van der Waals surface area contributed by atoms with Gasteiger partial charge in [-0.05, 0) is 25.2 Å². The molecule has 2 saturated heterocycles. The van der Waals surface area contributed by atoms with E-state index >= 15 is 0 Å². The highest BCUT2D eigenvalue weighted by Gasteiger charge is 2.46. The van der Waals surface area contributed by atoms with Gasteiger partial charge in [-0.2, -0.15) is 0 Å². The van der Waals surface area contributed by atoms with E-state index in [9.17, 15) is 9.59 Å². The van der Waals surface area contributed by atoms with Crippen molar-refractivity contribution >= 4 is 23.6 Å². The second kappa shape index (κ2) is 7.67. The van der Waals surface area contributed by atoms with Crippen molar-refractivity contribution < 1.29 is 9.59 Å². The lowest BCUT2D eigenvalue weighted by Gasteiger charge is -2.44. The summed E-state index contributed by atoms with van der Waals surface area (Å²) in [5, 5.41) is 0. The van der Waals surface area contributed by atoms with Gasteiger partial charge < -0.3 is 9.80 Å². The molecule has 3 aliphatic rings. The van der Waals surface area contributed by atoms with Gasteiger partial charge in [0.1, 0.15) is 0 Å². The molecule has 2 aliphatic heterocycles. The van der Waals surface area contributed by atoms with E-state index in [2.05, 4.69) is 4.90 Å². The fourth-order valence-corrected chi connectivity index (χ4v) is 6.05. The van der Waals surface area contributed by atoms with Crippen molar-refractivity contribution in [2.45, 2.75) is 70.1 Å². The summed E-state index contributed by atoms with van der Waals surface area (Å²) >= 11 is 1.95. The highest BCUT2D eigenvalue weighted by atomic mass is 32.2. The summed E-state index contributed by atoms with van der Waals surface area (Å²) < 4.78 is 0. The van der Waals surface area contributed by atoms with Gasteiger partial charge in [-0.25, -0.2) is 0 Å². The lowest BCUT2D eigenvalue weighted by Crippen LogP contribution is -2.54. The number of carbonyl (C=O) groups excluding carboxylic acids is 2. The zero-order valence-electron chi connectivity index (χ0n) is 15.3. The van der Waals surface area contributed by atoms with Gasteiger partial charge in [0, 0.05) is 37.7 Å². The highest BCUT2D eigenvalue weighted by Crippen LogP contribution is 2.44. The van der Waals surface area contributed by atoms with Crippen LogP contribution in [-0.4, -0.2) is 51.9 Å². The number of rotatable bonds is 4. The molecule has 1 aliphatic carbocycles. The zero-order valence-corrected chi connectivity index (χ0v) is 16.1. The summed E-state index contributed by atoms with van der Waals surface area (Å²) in [6.45, 7) is 6.44. The van der Waals surface area contributed by atoms with E-state index in [0.717, 1.165) is 57.0 Å². The smallest absolute Gasteiger partial charge is 0.225 e. The average molecular weight is 353 g/mol. The molecule has 2 heterocycles. The van der Waals surface area contributed by atoms with Gasteiger partial charge in [0.05, 0.1) is 4.87 Å². The van der Waals surface area contributed by atoms with E-state index in [1.807, 2.05) is 30.5 Å².